The minimum atomic E-state index is 0.113. The van der Waals surface area contributed by atoms with Crippen molar-refractivity contribution in [2.75, 3.05) is 6.54 Å². The number of benzene rings is 1. The van der Waals surface area contributed by atoms with E-state index in [9.17, 15) is 4.79 Å². The van der Waals surface area contributed by atoms with Gasteiger partial charge in [-0.05, 0) is 43.0 Å². The van der Waals surface area contributed by atoms with Crippen LogP contribution in [0.25, 0.3) is 0 Å². The van der Waals surface area contributed by atoms with E-state index in [1.807, 2.05) is 30.9 Å². The van der Waals surface area contributed by atoms with Crippen molar-refractivity contribution in [3.63, 3.8) is 0 Å². The maximum Gasteiger partial charge on any atom is 0.254 e. The second-order valence-corrected chi connectivity index (χ2v) is 5.31. The second kappa shape index (κ2) is 5.08. The summed E-state index contributed by atoms with van der Waals surface area (Å²) in [5.74, 6) is 0.113. The maximum atomic E-state index is 12.7. The van der Waals surface area contributed by atoms with Gasteiger partial charge in [-0.25, -0.2) is 0 Å². The molecular weight excluding hydrogens is 248 g/mol. The molecule has 1 aromatic heterocycles. The summed E-state index contributed by atoms with van der Waals surface area (Å²) < 4.78 is 0. The molecule has 3 rings (SSSR count). The number of amides is 1. The monoisotopic (exact) mass is 266 g/mol. The van der Waals surface area contributed by atoms with Crippen LogP contribution in [-0.4, -0.2) is 22.3 Å². The third-order valence-electron chi connectivity index (χ3n) is 4.10. The van der Waals surface area contributed by atoms with Crippen molar-refractivity contribution in [3.05, 3.63) is 64.5 Å². The van der Waals surface area contributed by atoms with Gasteiger partial charge < -0.3 is 4.90 Å². The summed E-state index contributed by atoms with van der Waals surface area (Å²) in [5.41, 5.74) is 5.30. The fourth-order valence-electron chi connectivity index (χ4n) is 2.71. The first kappa shape index (κ1) is 12.9. The summed E-state index contributed by atoms with van der Waals surface area (Å²) in [6.07, 6.45) is 2.65. The van der Waals surface area contributed by atoms with Crippen LogP contribution >= 0.6 is 0 Å². The van der Waals surface area contributed by atoms with Crippen LogP contribution in [0.5, 0.6) is 0 Å². The van der Waals surface area contributed by atoms with Crippen LogP contribution in [0.15, 0.2) is 36.5 Å². The highest BCUT2D eigenvalue weighted by Crippen LogP contribution is 2.21. The van der Waals surface area contributed by atoms with Gasteiger partial charge in [0.2, 0.25) is 0 Å². The molecular formula is C17H18N2O. The summed E-state index contributed by atoms with van der Waals surface area (Å²) in [4.78, 5) is 18.8. The summed E-state index contributed by atoms with van der Waals surface area (Å²) in [6, 6.07) is 10.2. The van der Waals surface area contributed by atoms with Gasteiger partial charge in [-0.1, -0.05) is 24.3 Å². The van der Waals surface area contributed by atoms with Crippen LogP contribution in [0, 0.1) is 13.8 Å². The van der Waals surface area contributed by atoms with Crippen LogP contribution in [-0.2, 0) is 13.0 Å². The normalized spacial score (nSPS) is 14.0. The summed E-state index contributed by atoms with van der Waals surface area (Å²) in [6.45, 7) is 5.40. The molecule has 1 aliphatic rings. The molecule has 102 valence electrons. The number of aryl methyl sites for hydroxylation is 1. The van der Waals surface area contributed by atoms with Crippen molar-refractivity contribution in [2.24, 2.45) is 0 Å². The summed E-state index contributed by atoms with van der Waals surface area (Å²) in [5, 5.41) is 0. The van der Waals surface area contributed by atoms with E-state index in [1.165, 1.54) is 11.1 Å². The number of fused-ring (bicyclic) bond motifs is 1. The van der Waals surface area contributed by atoms with Crippen molar-refractivity contribution >= 4 is 5.91 Å². The average molecular weight is 266 g/mol. The SMILES string of the molecule is Cc1nccc(C(=O)N2CCc3ccccc3C2)c1C. The molecule has 20 heavy (non-hydrogen) atoms. The van der Waals surface area contributed by atoms with E-state index in [0.717, 1.165) is 29.8 Å². The Hall–Kier alpha value is -2.16. The molecule has 0 saturated heterocycles. The lowest BCUT2D eigenvalue weighted by Gasteiger charge is -2.29. The Kier molecular flexibility index (Phi) is 3.26. The molecule has 0 unspecified atom stereocenters. The molecule has 0 radical (unpaired) electrons. The molecule has 1 aliphatic heterocycles. The van der Waals surface area contributed by atoms with Gasteiger partial charge in [0.25, 0.3) is 5.91 Å². The van der Waals surface area contributed by atoms with E-state index in [-0.39, 0.29) is 5.91 Å². The molecule has 0 spiro atoms. The highest BCUT2D eigenvalue weighted by molar-refractivity contribution is 5.95. The third-order valence-corrected chi connectivity index (χ3v) is 4.10. The predicted molar refractivity (Wildman–Crippen MR) is 78.6 cm³/mol. The van der Waals surface area contributed by atoms with Crippen LogP contribution in [0.3, 0.4) is 0 Å². The van der Waals surface area contributed by atoms with E-state index < -0.39 is 0 Å². The zero-order valence-electron chi connectivity index (χ0n) is 11.9. The minimum absolute atomic E-state index is 0.113. The van der Waals surface area contributed by atoms with Crippen LogP contribution < -0.4 is 0 Å². The molecule has 0 saturated carbocycles. The molecule has 0 bridgehead atoms. The summed E-state index contributed by atoms with van der Waals surface area (Å²) >= 11 is 0. The molecule has 2 aromatic rings. The zero-order chi connectivity index (χ0) is 14.1. The standard InChI is InChI=1S/C17H18N2O/c1-12-13(2)18-9-7-16(12)17(20)19-10-8-14-5-3-4-6-15(14)11-19/h3-7,9H,8,10-11H2,1-2H3. The Morgan fingerprint density at radius 3 is 2.70 bits per heavy atom. The first-order valence-electron chi connectivity index (χ1n) is 6.95. The number of rotatable bonds is 1. The number of aromatic nitrogens is 1. The molecule has 3 nitrogen and oxygen atoms in total. The van der Waals surface area contributed by atoms with Crippen molar-refractivity contribution in [1.82, 2.24) is 9.88 Å². The topological polar surface area (TPSA) is 33.2 Å². The molecule has 0 fully saturated rings. The molecule has 2 heterocycles. The molecule has 3 heteroatoms. The quantitative estimate of drug-likeness (QED) is 0.795. The lowest BCUT2D eigenvalue weighted by Crippen LogP contribution is -2.36. The first-order chi connectivity index (χ1) is 9.66. The first-order valence-corrected chi connectivity index (χ1v) is 6.95. The number of carbonyl (C=O) groups is 1. The Bertz CT molecular complexity index is 664. The van der Waals surface area contributed by atoms with Crippen molar-refractivity contribution in [1.29, 1.82) is 0 Å². The van der Waals surface area contributed by atoms with Crippen LogP contribution in [0.1, 0.15) is 32.7 Å². The molecule has 0 atom stereocenters. The van der Waals surface area contributed by atoms with Gasteiger partial charge in [0.05, 0.1) is 0 Å². The van der Waals surface area contributed by atoms with Gasteiger partial charge in [-0.3, -0.25) is 9.78 Å². The van der Waals surface area contributed by atoms with E-state index in [0.29, 0.717) is 6.54 Å². The Labute approximate surface area is 119 Å². The van der Waals surface area contributed by atoms with Crippen molar-refractivity contribution in [3.8, 4) is 0 Å². The molecule has 0 N–H and O–H groups in total. The van der Waals surface area contributed by atoms with E-state index in [1.54, 1.807) is 6.20 Å². The van der Waals surface area contributed by atoms with Crippen molar-refractivity contribution in [2.45, 2.75) is 26.8 Å². The number of carbonyl (C=O) groups excluding carboxylic acids is 1. The number of pyridine rings is 1. The highest BCUT2D eigenvalue weighted by atomic mass is 16.2. The van der Waals surface area contributed by atoms with Crippen molar-refractivity contribution < 1.29 is 4.79 Å². The predicted octanol–water partition coefficient (Wildman–Crippen LogP) is 2.90. The lowest BCUT2D eigenvalue weighted by atomic mass is 9.98. The fourth-order valence-corrected chi connectivity index (χ4v) is 2.71. The second-order valence-electron chi connectivity index (χ2n) is 5.31. The van der Waals surface area contributed by atoms with Gasteiger partial charge in [0, 0.05) is 30.5 Å². The van der Waals surface area contributed by atoms with Gasteiger partial charge in [0.15, 0.2) is 0 Å². The molecule has 1 aromatic carbocycles. The smallest absolute Gasteiger partial charge is 0.254 e. The van der Waals surface area contributed by atoms with E-state index in [4.69, 9.17) is 0 Å². The number of hydrogen-bond acceptors (Lipinski definition) is 2. The van der Waals surface area contributed by atoms with E-state index >= 15 is 0 Å². The molecule has 0 aliphatic carbocycles. The third kappa shape index (κ3) is 2.20. The summed E-state index contributed by atoms with van der Waals surface area (Å²) in [7, 11) is 0. The number of hydrogen-bond donors (Lipinski definition) is 0. The Morgan fingerprint density at radius 1 is 1.15 bits per heavy atom. The average Bonchev–Trinajstić information content (AvgIpc) is 2.49. The Balaban J connectivity index is 1.88. The van der Waals surface area contributed by atoms with Crippen LogP contribution in [0.2, 0.25) is 0 Å². The largest absolute Gasteiger partial charge is 0.334 e. The number of nitrogens with zero attached hydrogens (tertiary/aromatic N) is 2. The lowest BCUT2D eigenvalue weighted by molar-refractivity contribution is 0.0733. The highest BCUT2D eigenvalue weighted by Gasteiger charge is 2.22. The maximum absolute atomic E-state index is 12.7. The zero-order valence-corrected chi connectivity index (χ0v) is 11.9. The van der Waals surface area contributed by atoms with E-state index in [2.05, 4.69) is 23.2 Å². The van der Waals surface area contributed by atoms with Gasteiger partial charge in [-0.15, -0.1) is 0 Å². The molecule has 1 amide bonds. The van der Waals surface area contributed by atoms with Gasteiger partial charge >= 0.3 is 0 Å². The van der Waals surface area contributed by atoms with Gasteiger partial charge in [-0.2, -0.15) is 0 Å². The fraction of sp³-hybridized carbons (Fsp3) is 0.294. The minimum Gasteiger partial charge on any atom is -0.334 e. The van der Waals surface area contributed by atoms with Crippen LogP contribution in [0.4, 0.5) is 0 Å². The van der Waals surface area contributed by atoms with Gasteiger partial charge in [0.1, 0.15) is 0 Å². The Morgan fingerprint density at radius 2 is 1.90 bits per heavy atom.